The summed E-state index contributed by atoms with van der Waals surface area (Å²) in [6, 6.07) is 18.3. The van der Waals surface area contributed by atoms with E-state index in [2.05, 4.69) is 20.8 Å². The molecule has 0 aliphatic heterocycles. The Hall–Kier alpha value is -4.99. The zero-order valence-corrected chi connectivity index (χ0v) is 21.1. The third kappa shape index (κ3) is 6.82. The number of primary amides is 1. The molecule has 2 heterocycles. The van der Waals surface area contributed by atoms with Crippen molar-refractivity contribution in [1.82, 2.24) is 10.1 Å². The van der Waals surface area contributed by atoms with Crippen molar-refractivity contribution in [3.63, 3.8) is 0 Å². The van der Waals surface area contributed by atoms with E-state index < -0.39 is 5.91 Å². The molecule has 0 saturated heterocycles. The van der Waals surface area contributed by atoms with Crippen molar-refractivity contribution < 1.29 is 23.6 Å². The fraction of sp³-hybridized carbons (Fsp3) is 0.179. The quantitative estimate of drug-likeness (QED) is 0.309. The van der Waals surface area contributed by atoms with Crippen molar-refractivity contribution in [3.05, 3.63) is 95.5 Å². The first-order chi connectivity index (χ1) is 18.1. The normalized spacial score (nSPS) is 11.0. The fourth-order valence-corrected chi connectivity index (χ4v) is 3.37. The first kappa shape index (κ1) is 26.1. The first-order valence-corrected chi connectivity index (χ1v) is 11.8. The van der Waals surface area contributed by atoms with Gasteiger partial charge in [-0.25, -0.2) is 4.98 Å². The van der Waals surface area contributed by atoms with Crippen LogP contribution in [0.1, 0.15) is 52.9 Å². The predicted octanol–water partition coefficient (Wildman–Crippen LogP) is 4.69. The topological polar surface area (TPSA) is 149 Å². The van der Waals surface area contributed by atoms with Crippen LogP contribution in [0.3, 0.4) is 0 Å². The van der Waals surface area contributed by atoms with Crippen LogP contribution >= 0.6 is 0 Å². The van der Waals surface area contributed by atoms with Crippen LogP contribution in [0.25, 0.3) is 0 Å². The molecule has 4 aromatic rings. The van der Waals surface area contributed by atoms with E-state index in [4.69, 9.17) is 15.0 Å². The van der Waals surface area contributed by atoms with Crippen LogP contribution in [-0.4, -0.2) is 27.9 Å². The van der Waals surface area contributed by atoms with Crippen LogP contribution in [-0.2, 0) is 16.6 Å². The summed E-state index contributed by atoms with van der Waals surface area (Å²) in [5, 5.41) is 9.44. The monoisotopic (exact) mass is 513 g/mol. The molecule has 2 aromatic carbocycles. The number of pyridine rings is 1. The number of anilines is 2. The van der Waals surface area contributed by atoms with Gasteiger partial charge in [-0.1, -0.05) is 38.1 Å². The number of benzene rings is 2. The molecule has 0 atom stereocenters. The second-order valence-electron chi connectivity index (χ2n) is 9.57. The summed E-state index contributed by atoms with van der Waals surface area (Å²) in [6.07, 6.45) is 1.53. The summed E-state index contributed by atoms with van der Waals surface area (Å²) in [4.78, 5) is 40.1. The van der Waals surface area contributed by atoms with Crippen LogP contribution in [0.15, 0.2) is 77.4 Å². The SMILES string of the molecule is CC(C)(C)c1cc(NC(=O)Cc2ccc(C(=O)Nc3ccc(Oc4ccc(C(N)=O)nc4)cc3)cc2)no1. The molecule has 0 radical (unpaired) electrons. The number of nitrogens with zero attached hydrogens (tertiary/aromatic N) is 2. The minimum absolute atomic E-state index is 0.127. The van der Waals surface area contributed by atoms with Crippen molar-refractivity contribution in [3.8, 4) is 11.5 Å². The summed E-state index contributed by atoms with van der Waals surface area (Å²) in [7, 11) is 0. The first-order valence-electron chi connectivity index (χ1n) is 11.8. The third-order valence-electron chi connectivity index (χ3n) is 5.43. The number of carbonyl (C=O) groups excluding carboxylic acids is 3. The largest absolute Gasteiger partial charge is 0.456 e. The predicted molar refractivity (Wildman–Crippen MR) is 141 cm³/mol. The van der Waals surface area contributed by atoms with E-state index in [9.17, 15) is 14.4 Å². The van der Waals surface area contributed by atoms with Gasteiger partial charge in [0.05, 0.1) is 12.6 Å². The minimum atomic E-state index is -0.616. The van der Waals surface area contributed by atoms with E-state index in [1.165, 1.54) is 12.3 Å². The average molecular weight is 514 g/mol. The molecule has 0 saturated carbocycles. The van der Waals surface area contributed by atoms with Crippen LogP contribution in [0.4, 0.5) is 11.5 Å². The van der Waals surface area contributed by atoms with Gasteiger partial charge in [0.1, 0.15) is 23.0 Å². The van der Waals surface area contributed by atoms with Crippen molar-refractivity contribution in [2.45, 2.75) is 32.6 Å². The van der Waals surface area contributed by atoms with E-state index in [1.54, 1.807) is 60.7 Å². The molecular weight excluding hydrogens is 486 g/mol. The molecule has 10 nitrogen and oxygen atoms in total. The number of hydrogen-bond donors (Lipinski definition) is 3. The second-order valence-corrected chi connectivity index (χ2v) is 9.57. The summed E-state index contributed by atoms with van der Waals surface area (Å²) >= 11 is 0. The van der Waals surface area contributed by atoms with Gasteiger partial charge in [-0.15, -0.1) is 0 Å². The van der Waals surface area contributed by atoms with Gasteiger partial charge < -0.3 is 25.6 Å². The highest BCUT2D eigenvalue weighted by Gasteiger charge is 2.20. The maximum atomic E-state index is 12.6. The molecular formula is C28H27N5O5. The molecule has 38 heavy (non-hydrogen) atoms. The lowest BCUT2D eigenvalue weighted by Crippen LogP contribution is -2.15. The van der Waals surface area contributed by atoms with Crippen molar-refractivity contribution in [2.75, 3.05) is 10.6 Å². The lowest BCUT2D eigenvalue weighted by molar-refractivity contribution is -0.115. The molecule has 2 aromatic heterocycles. The number of ether oxygens (including phenoxy) is 1. The van der Waals surface area contributed by atoms with Crippen molar-refractivity contribution in [2.24, 2.45) is 5.73 Å². The zero-order chi connectivity index (χ0) is 27.3. The molecule has 10 heteroatoms. The molecule has 0 aliphatic carbocycles. The van der Waals surface area contributed by atoms with Crippen LogP contribution < -0.4 is 21.1 Å². The summed E-state index contributed by atoms with van der Waals surface area (Å²) in [5.74, 6) is 0.866. The number of nitrogens with two attached hydrogens (primary N) is 1. The molecule has 0 spiro atoms. The van der Waals surface area contributed by atoms with E-state index in [0.29, 0.717) is 34.3 Å². The molecule has 0 bridgehead atoms. The van der Waals surface area contributed by atoms with Crippen LogP contribution in [0.2, 0.25) is 0 Å². The number of nitrogens with one attached hydrogen (secondary N) is 2. The number of carbonyl (C=O) groups is 3. The number of amides is 3. The molecule has 3 amide bonds. The molecule has 4 N–H and O–H groups in total. The molecule has 194 valence electrons. The highest BCUT2D eigenvalue weighted by Crippen LogP contribution is 2.25. The Morgan fingerprint density at radius 1 is 0.921 bits per heavy atom. The number of rotatable bonds is 8. The van der Waals surface area contributed by atoms with E-state index >= 15 is 0 Å². The standard InChI is InChI=1S/C28H27N5O5/c1-28(2,3)23-15-24(33-38-23)32-25(34)14-17-4-6-18(7-5-17)27(36)31-19-8-10-20(11-9-19)37-21-12-13-22(26(29)35)30-16-21/h4-13,15-16H,14H2,1-3H3,(H2,29,35)(H,31,36)(H,32,33,34). The number of aromatic nitrogens is 2. The minimum Gasteiger partial charge on any atom is -0.456 e. The molecule has 0 unspecified atom stereocenters. The van der Waals surface area contributed by atoms with E-state index in [0.717, 1.165) is 5.56 Å². The van der Waals surface area contributed by atoms with Crippen LogP contribution in [0, 0.1) is 0 Å². The Balaban J connectivity index is 1.29. The number of hydrogen-bond acceptors (Lipinski definition) is 7. The third-order valence-corrected chi connectivity index (χ3v) is 5.43. The van der Waals surface area contributed by atoms with E-state index in [1.807, 2.05) is 20.8 Å². The molecule has 0 fully saturated rings. The van der Waals surface area contributed by atoms with Gasteiger partial charge in [0.2, 0.25) is 5.91 Å². The lowest BCUT2D eigenvalue weighted by Gasteiger charge is -2.12. The lowest BCUT2D eigenvalue weighted by atomic mass is 9.93. The van der Waals surface area contributed by atoms with Gasteiger partial charge in [0.25, 0.3) is 11.8 Å². The van der Waals surface area contributed by atoms with Crippen molar-refractivity contribution in [1.29, 1.82) is 0 Å². The summed E-state index contributed by atoms with van der Waals surface area (Å²) in [5.41, 5.74) is 6.89. The van der Waals surface area contributed by atoms with Gasteiger partial charge in [0, 0.05) is 22.7 Å². The molecule has 4 rings (SSSR count). The maximum Gasteiger partial charge on any atom is 0.267 e. The fourth-order valence-electron chi connectivity index (χ4n) is 3.37. The van der Waals surface area contributed by atoms with Gasteiger partial charge >= 0.3 is 0 Å². The Labute approximate surface area is 219 Å². The maximum absolute atomic E-state index is 12.6. The van der Waals surface area contributed by atoms with Gasteiger partial charge in [-0.2, -0.15) is 0 Å². The second kappa shape index (κ2) is 11.0. The zero-order valence-electron chi connectivity index (χ0n) is 21.1. The Morgan fingerprint density at radius 3 is 2.18 bits per heavy atom. The van der Waals surface area contributed by atoms with Gasteiger partial charge in [0.15, 0.2) is 5.82 Å². The van der Waals surface area contributed by atoms with E-state index in [-0.39, 0.29) is 29.3 Å². The van der Waals surface area contributed by atoms with Crippen molar-refractivity contribution >= 4 is 29.2 Å². The highest BCUT2D eigenvalue weighted by atomic mass is 16.5. The average Bonchev–Trinajstić information content (AvgIpc) is 3.35. The van der Waals surface area contributed by atoms with Crippen LogP contribution in [0.5, 0.6) is 11.5 Å². The summed E-state index contributed by atoms with van der Waals surface area (Å²) < 4.78 is 11.0. The Morgan fingerprint density at radius 2 is 1.61 bits per heavy atom. The highest BCUT2D eigenvalue weighted by molar-refractivity contribution is 6.04. The summed E-state index contributed by atoms with van der Waals surface area (Å²) in [6.45, 7) is 5.98. The Bertz CT molecular complexity index is 1440. The van der Waals surface area contributed by atoms with Gasteiger partial charge in [-0.05, 0) is 54.1 Å². The Kier molecular flexibility index (Phi) is 7.52. The smallest absolute Gasteiger partial charge is 0.267 e. The molecule has 0 aliphatic rings. The van der Waals surface area contributed by atoms with Gasteiger partial charge in [-0.3, -0.25) is 14.4 Å².